The summed E-state index contributed by atoms with van der Waals surface area (Å²) in [4.78, 5) is 4.17. The first kappa shape index (κ1) is 23.0. The van der Waals surface area contributed by atoms with Crippen molar-refractivity contribution >= 4 is 29.9 Å². The van der Waals surface area contributed by atoms with Crippen LogP contribution in [0.15, 0.2) is 41.4 Å². The van der Waals surface area contributed by atoms with Crippen molar-refractivity contribution in [1.29, 1.82) is 0 Å². The molecule has 2 aromatic carbocycles. The summed E-state index contributed by atoms with van der Waals surface area (Å²) in [6, 6.07) is 10.9. The van der Waals surface area contributed by atoms with Crippen LogP contribution in [0.25, 0.3) is 0 Å². The number of guanidine groups is 1. The molecule has 1 aliphatic heterocycles. The summed E-state index contributed by atoms with van der Waals surface area (Å²) in [5.74, 6) is 2.24. The largest absolute Gasteiger partial charge is 0.454 e. The first-order chi connectivity index (χ1) is 13.5. The Hall–Kier alpha value is -2.30. The van der Waals surface area contributed by atoms with Gasteiger partial charge in [-0.25, -0.2) is 0 Å². The molecule has 158 valence electrons. The van der Waals surface area contributed by atoms with E-state index in [1.807, 2.05) is 31.2 Å². The molecule has 3 rings (SSSR count). The van der Waals surface area contributed by atoms with Crippen LogP contribution in [-0.2, 0) is 13.0 Å². The van der Waals surface area contributed by atoms with Crippen LogP contribution in [-0.4, -0.2) is 33.0 Å². The van der Waals surface area contributed by atoms with Gasteiger partial charge in [0.15, 0.2) is 17.5 Å². The van der Waals surface area contributed by atoms with Crippen molar-refractivity contribution in [3.8, 4) is 17.2 Å². The third-order valence-corrected chi connectivity index (χ3v) is 4.25. The van der Waals surface area contributed by atoms with E-state index in [-0.39, 0.29) is 36.5 Å². The number of hydrogen-bond acceptors (Lipinski definition) is 4. The van der Waals surface area contributed by atoms with Gasteiger partial charge in [0, 0.05) is 25.7 Å². The summed E-state index contributed by atoms with van der Waals surface area (Å²) in [5, 5.41) is 6.33. The lowest BCUT2D eigenvalue weighted by Gasteiger charge is -2.15. The molecule has 0 atom stereocenters. The number of aryl methyl sites for hydroxylation is 1. The van der Waals surface area contributed by atoms with E-state index in [0.29, 0.717) is 24.6 Å². The van der Waals surface area contributed by atoms with Gasteiger partial charge in [-0.1, -0.05) is 23.8 Å². The highest BCUT2D eigenvalue weighted by atomic mass is 127. The molecule has 1 aliphatic rings. The van der Waals surface area contributed by atoms with Crippen LogP contribution in [0.4, 0.5) is 8.78 Å². The molecule has 0 spiro atoms. The minimum atomic E-state index is -2.86. The Balaban J connectivity index is 0.00000300. The average molecular weight is 519 g/mol. The second-order valence-corrected chi connectivity index (χ2v) is 6.28. The number of halogens is 3. The number of fused-ring (bicyclic) bond motifs is 1. The predicted molar refractivity (Wildman–Crippen MR) is 118 cm³/mol. The molecule has 0 aromatic heterocycles. The Bertz CT molecular complexity index is 850. The predicted octanol–water partition coefficient (Wildman–Crippen LogP) is 3.85. The van der Waals surface area contributed by atoms with Crippen molar-refractivity contribution in [2.45, 2.75) is 26.5 Å². The first-order valence-corrected chi connectivity index (χ1v) is 8.92. The monoisotopic (exact) mass is 519 g/mol. The van der Waals surface area contributed by atoms with E-state index in [9.17, 15) is 8.78 Å². The zero-order valence-corrected chi connectivity index (χ0v) is 18.5. The van der Waals surface area contributed by atoms with Crippen LogP contribution in [0.5, 0.6) is 17.2 Å². The highest BCUT2D eigenvalue weighted by Gasteiger charge is 2.13. The van der Waals surface area contributed by atoms with Crippen molar-refractivity contribution in [1.82, 2.24) is 10.6 Å². The zero-order chi connectivity index (χ0) is 19.9. The number of ether oxygens (including phenoxy) is 3. The van der Waals surface area contributed by atoms with Crippen molar-refractivity contribution in [2.24, 2.45) is 4.99 Å². The van der Waals surface area contributed by atoms with Gasteiger partial charge in [-0.3, -0.25) is 4.99 Å². The lowest BCUT2D eigenvalue weighted by molar-refractivity contribution is -0.0504. The highest BCUT2D eigenvalue weighted by molar-refractivity contribution is 14.0. The standard InChI is InChI=1S/C20H23F2N3O3.HI/c1-13-3-5-16(28-19(21)22)15(9-13)11-25-20(23-2)24-8-7-14-4-6-17-18(10-14)27-12-26-17;/h3-6,9-10,19H,7-8,11-12H2,1-2H3,(H2,23,24,25);1H. The maximum atomic E-state index is 12.6. The Morgan fingerprint density at radius 2 is 1.93 bits per heavy atom. The van der Waals surface area contributed by atoms with E-state index in [2.05, 4.69) is 20.4 Å². The molecule has 0 saturated heterocycles. The van der Waals surface area contributed by atoms with Crippen molar-refractivity contribution in [3.63, 3.8) is 0 Å². The van der Waals surface area contributed by atoms with Gasteiger partial charge in [0.1, 0.15) is 5.75 Å². The number of nitrogens with one attached hydrogen (secondary N) is 2. The van der Waals surface area contributed by atoms with E-state index < -0.39 is 6.61 Å². The summed E-state index contributed by atoms with van der Waals surface area (Å²) in [5.41, 5.74) is 2.71. The molecule has 29 heavy (non-hydrogen) atoms. The van der Waals surface area contributed by atoms with E-state index in [4.69, 9.17) is 9.47 Å². The maximum absolute atomic E-state index is 12.6. The van der Waals surface area contributed by atoms with E-state index in [0.717, 1.165) is 29.0 Å². The topological polar surface area (TPSA) is 64.1 Å². The van der Waals surface area contributed by atoms with Gasteiger partial charge in [0.25, 0.3) is 0 Å². The van der Waals surface area contributed by atoms with Gasteiger partial charge >= 0.3 is 6.61 Å². The molecular weight excluding hydrogens is 495 g/mol. The van der Waals surface area contributed by atoms with Crippen LogP contribution >= 0.6 is 24.0 Å². The van der Waals surface area contributed by atoms with E-state index in [1.54, 1.807) is 19.2 Å². The summed E-state index contributed by atoms with van der Waals surface area (Å²) in [6.45, 7) is 0.249. The number of hydrogen-bond donors (Lipinski definition) is 2. The lowest BCUT2D eigenvalue weighted by Crippen LogP contribution is -2.38. The number of benzene rings is 2. The van der Waals surface area contributed by atoms with Gasteiger partial charge < -0.3 is 24.8 Å². The Kier molecular flexibility index (Phi) is 8.74. The molecule has 0 bridgehead atoms. The van der Waals surface area contributed by atoms with Gasteiger partial charge in [-0.15, -0.1) is 24.0 Å². The van der Waals surface area contributed by atoms with Crippen LogP contribution in [0, 0.1) is 6.92 Å². The number of rotatable bonds is 7. The molecule has 0 aliphatic carbocycles. The van der Waals surface area contributed by atoms with E-state index >= 15 is 0 Å². The SMILES string of the molecule is CN=C(NCCc1ccc2c(c1)OCO2)NCc1cc(C)ccc1OC(F)F.I. The second-order valence-electron chi connectivity index (χ2n) is 6.28. The Labute approximate surface area is 185 Å². The summed E-state index contributed by atoms with van der Waals surface area (Å²) in [7, 11) is 1.66. The quantitative estimate of drug-likeness (QED) is 0.331. The maximum Gasteiger partial charge on any atom is 0.387 e. The van der Waals surface area contributed by atoms with Gasteiger partial charge in [-0.2, -0.15) is 8.78 Å². The van der Waals surface area contributed by atoms with Crippen molar-refractivity contribution in [3.05, 3.63) is 53.1 Å². The third kappa shape index (κ3) is 6.62. The zero-order valence-electron chi connectivity index (χ0n) is 16.2. The van der Waals surface area contributed by atoms with Gasteiger partial charge in [-0.05, 0) is 37.1 Å². The molecule has 0 saturated carbocycles. The third-order valence-electron chi connectivity index (χ3n) is 4.25. The lowest BCUT2D eigenvalue weighted by atomic mass is 10.1. The van der Waals surface area contributed by atoms with Gasteiger partial charge in [0.05, 0.1) is 0 Å². The fourth-order valence-electron chi connectivity index (χ4n) is 2.88. The minimum Gasteiger partial charge on any atom is -0.454 e. The smallest absolute Gasteiger partial charge is 0.387 e. The molecule has 1 heterocycles. The Morgan fingerprint density at radius 3 is 2.69 bits per heavy atom. The van der Waals surface area contributed by atoms with Crippen LogP contribution in [0.1, 0.15) is 16.7 Å². The molecule has 2 N–H and O–H groups in total. The second kappa shape index (κ2) is 11.0. The van der Waals surface area contributed by atoms with Crippen LogP contribution in [0.3, 0.4) is 0 Å². The summed E-state index contributed by atoms with van der Waals surface area (Å²) in [6.07, 6.45) is 0.765. The minimum absolute atomic E-state index is 0. The molecule has 9 heteroatoms. The number of nitrogens with zero attached hydrogens (tertiary/aromatic N) is 1. The molecule has 0 fully saturated rings. The molecular formula is C20H24F2IN3O3. The molecule has 0 amide bonds. The Morgan fingerprint density at radius 1 is 1.14 bits per heavy atom. The number of aliphatic imine (C=N–C) groups is 1. The normalized spacial score (nSPS) is 12.5. The van der Waals surface area contributed by atoms with Gasteiger partial charge in [0.2, 0.25) is 6.79 Å². The molecule has 6 nitrogen and oxygen atoms in total. The fourth-order valence-corrected chi connectivity index (χ4v) is 2.88. The average Bonchev–Trinajstić information content (AvgIpc) is 3.14. The van der Waals surface area contributed by atoms with Crippen LogP contribution < -0.4 is 24.8 Å². The number of alkyl halides is 2. The molecule has 0 radical (unpaired) electrons. The summed E-state index contributed by atoms with van der Waals surface area (Å²) >= 11 is 0. The molecule has 0 unspecified atom stereocenters. The van der Waals surface area contributed by atoms with Crippen molar-refractivity contribution in [2.75, 3.05) is 20.4 Å². The van der Waals surface area contributed by atoms with Crippen LogP contribution in [0.2, 0.25) is 0 Å². The fraction of sp³-hybridized carbons (Fsp3) is 0.350. The summed E-state index contributed by atoms with van der Waals surface area (Å²) < 4.78 is 40.4. The van der Waals surface area contributed by atoms with E-state index in [1.165, 1.54) is 0 Å². The highest BCUT2D eigenvalue weighted by Crippen LogP contribution is 2.32. The first-order valence-electron chi connectivity index (χ1n) is 8.92. The molecule has 2 aromatic rings. The van der Waals surface area contributed by atoms with Crippen molar-refractivity contribution < 1.29 is 23.0 Å².